The van der Waals surface area contributed by atoms with Crippen molar-refractivity contribution in [3.05, 3.63) is 112 Å². The molecule has 2 heterocycles. The van der Waals surface area contributed by atoms with E-state index < -0.39 is 6.04 Å². The minimum atomic E-state index is -0.708. The van der Waals surface area contributed by atoms with Crippen molar-refractivity contribution in [2.75, 3.05) is 27.3 Å². The van der Waals surface area contributed by atoms with Gasteiger partial charge in [0.15, 0.2) is 0 Å². The van der Waals surface area contributed by atoms with Crippen LogP contribution in [0.2, 0.25) is 0 Å². The molecule has 0 spiro atoms. The summed E-state index contributed by atoms with van der Waals surface area (Å²) in [6.07, 6.45) is 7.29. The number of hydrogen-bond donors (Lipinski definition) is 0. The highest BCUT2D eigenvalue weighted by atomic mass is 32.1. The molecule has 0 unspecified atom stereocenters. The molecule has 0 aliphatic rings. The molecule has 0 bridgehead atoms. The maximum atomic E-state index is 13.9. The molecule has 2 aromatic heterocycles. The number of aryl methyl sites for hydroxylation is 2. The van der Waals surface area contributed by atoms with Crippen LogP contribution in [-0.2, 0) is 27.3 Å². The van der Waals surface area contributed by atoms with E-state index in [1.54, 1.807) is 59.8 Å². The molecule has 0 saturated carbocycles. The largest absolute Gasteiger partial charge is 0.383 e. The van der Waals surface area contributed by atoms with Crippen molar-refractivity contribution < 1.29 is 14.3 Å². The predicted octanol–water partition coefficient (Wildman–Crippen LogP) is 5.58. The molecule has 2 aromatic carbocycles. The Morgan fingerprint density at radius 3 is 2.27 bits per heavy atom. The van der Waals surface area contributed by atoms with Gasteiger partial charge in [-0.25, -0.2) is 4.98 Å². The van der Waals surface area contributed by atoms with E-state index in [1.165, 1.54) is 0 Å². The normalized spacial score (nSPS) is 11.9. The van der Waals surface area contributed by atoms with Gasteiger partial charge in [0.25, 0.3) is 0 Å². The number of benzene rings is 2. The minimum absolute atomic E-state index is 0.133. The fourth-order valence-electron chi connectivity index (χ4n) is 4.59. The van der Waals surface area contributed by atoms with Crippen molar-refractivity contribution in [3.8, 4) is 11.1 Å². The fourth-order valence-corrected chi connectivity index (χ4v) is 5.42. The number of hydrogen-bond acceptors (Lipinski definition) is 6. The van der Waals surface area contributed by atoms with Crippen LogP contribution in [0, 0.1) is 13.8 Å². The Morgan fingerprint density at radius 1 is 0.951 bits per heavy atom. The van der Waals surface area contributed by atoms with E-state index in [4.69, 9.17) is 4.74 Å². The van der Waals surface area contributed by atoms with Crippen LogP contribution in [0.15, 0.2) is 85.2 Å². The number of pyridine rings is 1. The maximum absolute atomic E-state index is 13.9. The van der Waals surface area contributed by atoms with Gasteiger partial charge >= 0.3 is 0 Å². The average Bonchev–Trinajstić information content (AvgIpc) is 3.33. The summed E-state index contributed by atoms with van der Waals surface area (Å²) in [6.45, 7) is 5.00. The number of amides is 2. The van der Waals surface area contributed by atoms with E-state index in [0.29, 0.717) is 19.6 Å². The Kier molecular flexibility index (Phi) is 10.5. The van der Waals surface area contributed by atoms with Gasteiger partial charge in [-0.1, -0.05) is 54.6 Å². The number of likely N-dealkylation sites (N-methyl/N-ethyl adjacent to an activating group) is 1. The number of carbonyl (C=O) groups excluding carboxylic acids is 2. The number of aromatic nitrogens is 2. The van der Waals surface area contributed by atoms with Gasteiger partial charge in [-0.3, -0.25) is 14.6 Å². The van der Waals surface area contributed by atoms with Crippen LogP contribution in [0.5, 0.6) is 0 Å². The van der Waals surface area contributed by atoms with Crippen LogP contribution in [0.1, 0.15) is 26.7 Å². The number of methoxy groups -OCH3 is 1. The van der Waals surface area contributed by atoms with Crippen LogP contribution in [0.25, 0.3) is 17.2 Å². The zero-order chi connectivity index (χ0) is 29.2. The van der Waals surface area contributed by atoms with Gasteiger partial charge in [0.2, 0.25) is 11.8 Å². The van der Waals surface area contributed by atoms with Gasteiger partial charge < -0.3 is 14.5 Å². The van der Waals surface area contributed by atoms with Crippen molar-refractivity contribution in [2.24, 2.45) is 0 Å². The summed E-state index contributed by atoms with van der Waals surface area (Å²) < 4.78 is 5.22. The lowest BCUT2D eigenvalue weighted by molar-refractivity contribution is -0.143. The number of nitrogens with zero attached hydrogens (tertiary/aromatic N) is 4. The molecule has 0 N–H and O–H groups in total. The second-order valence-electron chi connectivity index (χ2n) is 9.87. The Bertz CT molecular complexity index is 1450. The van der Waals surface area contributed by atoms with Crippen molar-refractivity contribution in [1.29, 1.82) is 0 Å². The Labute approximate surface area is 246 Å². The molecule has 8 heteroatoms. The summed E-state index contributed by atoms with van der Waals surface area (Å²) in [6, 6.07) is 21.1. The zero-order valence-corrected chi connectivity index (χ0v) is 24.8. The smallest absolute Gasteiger partial charge is 0.247 e. The van der Waals surface area contributed by atoms with E-state index in [9.17, 15) is 9.59 Å². The highest BCUT2D eigenvalue weighted by Crippen LogP contribution is 2.23. The first-order valence-corrected chi connectivity index (χ1v) is 14.4. The highest BCUT2D eigenvalue weighted by Gasteiger charge is 2.31. The van der Waals surface area contributed by atoms with Crippen molar-refractivity contribution in [1.82, 2.24) is 19.8 Å². The number of thiazole rings is 1. The van der Waals surface area contributed by atoms with Gasteiger partial charge in [-0.05, 0) is 54.3 Å². The summed E-state index contributed by atoms with van der Waals surface area (Å²) in [5.41, 5.74) is 4.91. The van der Waals surface area contributed by atoms with Gasteiger partial charge in [-0.15, -0.1) is 11.3 Å². The lowest BCUT2D eigenvalue weighted by Crippen LogP contribution is -2.51. The summed E-state index contributed by atoms with van der Waals surface area (Å²) >= 11 is 1.54. The molecule has 7 nitrogen and oxygen atoms in total. The molecule has 0 radical (unpaired) electrons. The van der Waals surface area contributed by atoms with Gasteiger partial charge in [0, 0.05) is 52.1 Å². The van der Waals surface area contributed by atoms with Crippen LogP contribution >= 0.6 is 11.3 Å². The predicted molar refractivity (Wildman–Crippen MR) is 164 cm³/mol. The standard InChI is InChI=1S/C33H36N4O3S/c1-24-31(41-25(2)35-24)14-15-32(38)37(23-27-10-12-28(13-11-27)29-16-18-34-19-17-29)30(22-26-8-6-5-7-9-26)33(39)36(3)20-21-40-4/h5-19,30H,20-23H2,1-4H3/t30-/m0/s1. The van der Waals surface area contributed by atoms with E-state index in [0.717, 1.165) is 37.8 Å². The summed E-state index contributed by atoms with van der Waals surface area (Å²) in [7, 11) is 3.37. The van der Waals surface area contributed by atoms with Crippen molar-refractivity contribution in [3.63, 3.8) is 0 Å². The molecular weight excluding hydrogens is 532 g/mol. The molecule has 0 saturated heterocycles. The first-order valence-electron chi connectivity index (χ1n) is 13.6. The second-order valence-corrected chi connectivity index (χ2v) is 11.1. The van der Waals surface area contributed by atoms with E-state index in [1.807, 2.05) is 80.6 Å². The second kappa shape index (κ2) is 14.5. The first-order chi connectivity index (χ1) is 19.9. The molecule has 0 fully saturated rings. The van der Waals surface area contributed by atoms with Crippen molar-refractivity contribution >= 4 is 29.2 Å². The highest BCUT2D eigenvalue weighted by molar-refractivity contribution is 7.12. The zero-order valence-electron chi connectivity index (χ0n) is 24.0. The molecule has 1 atom stereocenters. The SMILES string of the molecule is COCCN(C)C(=O)[C@H](Cc1ccccc1)N(Cc1ccc(-c2ccncc2)cc1)C(=O)C=Cc1sc(C)nc1C. The molecule has 0 aliphatic heterocycles. The monoisotopic (exact) mass is 568 g/mol. The maximum Gasteiger partial charge on any atom is 0.247 e. The molecular formula is C33H36N4O3S. The fraction of sp³-hybridized carbons (Fsp3) is 0.273. The summed E-state index contributed by atoms with van der Waals surface area (Å²) in [4.78, 5) is 40.6. The number of rotatable bonds is 12. The molecule has 41 heavy (non-hydrogen) atoms. The quantitative estimate of drug-likeness (QED) is 0.209. The third kappa shape index (κ3) is 8.19. The Balaban J connectivity index is 1.69. The van der Waals surface area contributed by atoms with Crippen LogP contribution in [0.4, 0.5) is 0 Å². The molecule has 4 aromatic rings. The minimum Gasteiger partial charge on any atom is -0.383 e. The average molecular weight is 569 g/mol. The lowest BCUT2D eigenvalue weighted by atomic mass is 10.0. The topological polar surface area (TPSA) is 75.6 Å². The first kappa shape index (κ1) is 29.8. The van der Waals surface area contributed by atoms with Crippen LogP contribution in [-0.4, -0.2) is 64.9 Å². The van der Waals surface area contributed by atoms with E-state index >= 15 is 0 Å². The third-order valence-corrected chi connectivity index (χ3v) is 7.90. The van der Waals surface area contributed by atoms with Crippen molar-refractivity contribution in [2.45, 2.75) is 32.9 Å². The third-order valence-electron chi connectivity index (χ3n) is 6.86. The van der Waals surface area contributed by atoms with E-state index in [-0.39, 0.29) is 18.4 Å². The van der Waals surface area contributed by atoms with Gasteiger partial charge in [0.1, 0.15) is 6.04 Å². The van der Waals surface area contributed by atoms with Crippen LogP contribution in [0.3, 0.4) is 0 Å². The van der Waals surface area contributed by atoms with E-state index in [2.05, 4.69) is 9.97 Å². The molecule has 212 valence electrons. The Morgan fingerprint density at radius 2 is 1.63 bits per heavy atom. The lowest BCUT2D eigenvalue weighted by Gasteiger charge is -2.33. The Hall–Kier alpha value is -4.14. The molecule has 4 rings (SSSR count). The summed E-state index contributed by atoms with van der Waals surface area (Å²) in [5.74, 6) is -0.367. The van der Waals surface area contributed by atoms with Gasteiger partial charge in [-0.2, -0.15) is 0 Å². The van der Waals surface area contributed by atoms with Gasteiger partial charge in [0.05, 0.1) is 22.2 Å². The molecule has 0 aliphatic carbocycles. The van der Waals surface area contributed by atoms with Crippen LogP contribution < -0.4 is 0 Å². The summed E-state index contributed by atoms with van der Waals surface area (Å²) in [5, 5.41) is 0.942. The number of carbonyl (C=O) groups is 2. The molecule has 2 amide bonds. The number of ether oxygens (including phenoxy) is 1.